The molecule has 4 nitrogen and oxygen atoms in total. The lowest BCUT2D eigenvalue weighted by atomic mass is 10.2. The van der Waals surface area contributed by atoms with E-state index in [9.17, 15) is 4.79 Å². The fraction of sp³-hybridized carbons (Fsp3) is 0.500. The molecule has 1 aliphatic rings. The van der Waals surface area contributed by atoms with E-state index < -0.39 is 0 Å². The molecule has 1 aromatic rings. The van der Waals surface area contributed by atoms with Gasteiger partial charge in [0.1, 0.15) is 5.82 Å². The standard InChI is InChI=1S/C12H15BrN2O2/c1-8-5-9(13)7-14-12(8)15-11(16)6-10-3-2-4-17-10/h5,7,10H,2-4,6H2,1H3,(H,14,15,16). The zero-order chi connectivity index (χ0) is 12.3. The molecule has 2 rings (SSSR count). The number of rotatable bonds is 3. The molecule has 1 fully saturated rings. The van der Waals surface area contributed by atoms with Crippen molar-refractivity contribution in [2.75, 3.05) is 11.9 Å². The molecule has 1 N–H and O–H groups in total. The lowest BCUT2D eigenvalue weighted by Gasteiger charge is -2.10. The molecule has 1 atom stereocenters. The maximum atomic E-state index is 11.8. The summed E-state index contributed by atoms with van der Waals surface area (Å²) in [6.45, 7) is 2.69. The Labute approximate surface area is 109 Å². The fourth-order valence-electron chi connectivity index (χ4n) is 1.87. The highest BCUT2D eigenvalue weighted by Gasteiger charge is 2.19. The van der Waals surface area contributed by atoms with Gasteiger partial charge in [-0.1, -0.05) is 0 Å². The Morgan fingerprint density at radius 1 is 1.71 bits per heavy atom. The average molecular weight is 299 g/mol. The number of nitrogens with one attached hydrogen (secondary N) is 1. The summed E-state index contributed by atoms with van der Waals surface area (Å²) < 4.78 is 6.33. The molecule has 17 heavy (non-hydrogen) atoms. The van der Waals surface area contributed by atoms with Gasteiger partial charge in [0, 0.05) is 17.3 Å². The molecular formula is C12H15BrN2O2. The van der Waals surface area contributed by atoms with Crippen LogP contribution in [0.3, 0.4) is 0 Å². The minimum atomic E-state index is -0.0326. The number of nitrogens with zero attached hydrogens (tertiary/aromatic N) is 1. The molecule has 0 aliphatic carbocycles. The van der Waals surface area contributed by atoms with Gasteiger partial charge in [0.05, 0.1) is 12.5 Å². The molecule has 92 valence electrons. The zero-order valence-electron chi connectivity index (χ0n) is 9.70. The van der Waals surface area contributed by atoms with Crippen molar-refractivity contribution in [3.05, 3.63) is 22.3 Å². The van der Waals surface area contributed by atoms with E-state index in [2.05, 4.69) is 26.2 Å². The van der Waals surface area contributed by atoms with Crippen molar-refractivity contribution in [2.45, 2.75) is 32.3 Å². The van der Waals surface area contributed by atoms with Gasteiger partial charge in [-0.3, -0.25) is 4.79 Å². The molecular weight excluding hydrogens is 284 g/mol. The quantitative estimate of drug-likeness (QED) is 0.933. The molecule has 2 heterocycles. The third kappa shape index (κ3) is 3.51. The van der Waals surface area contributed by atoms with E-state index in [1.807, 2.05) is 13.0 Å². The Morgan fingerprint density at radius 3 is 3.18 bits per heavy atom. The summed E-state index contributed by atoms with van der Waals surface area (Å²) in [7, 11) is 0. The normalized spacial score (nSPS) is 19.3. The first-order valence-corrected chi connectivity index (χ1v) is 6.48. The van der Waals surface area contributed by atoms with Crippen LogP contribution in [0.2, 0.25) is 0 Å². The number of anilines is 1. The second-order valence-corrected chi connectivity index (χ2v) is 5.12. The van der Waals surface area contributed by atoms with Crippen molar-refractivity contribution in [3.8, 4) is 0 Å². The van der Waals surface area contributed by atoms with Gasteiger partial charge in [-0.25, -0.2) is 4.98 Å². The van der Waals surface area contributed by atoms with Crippen LogP contribution in [0.4, 0.5) is 5.82 Å². The highest BCUT2D eigenvalue weighted by atomic mass is 79.9. The van der Waals surface area contributed by atoms with E-state index in [0.717, 1.165) is 29.5 Å². The van der Waals surface area contributed by atoms with Crippen molar-refractivity contribution in [3.63, 3.8) is 0 Å². The SMILES string of the molecule is Cc1cc(Br)cnc1NC(=O)CC1CCCO1. The van der Waals surface area contributed by atoms with Gasteiger partial charge in [-0.05, 0) is 47.3 Å². The number of carbonyl (C=O) groups is 1. The molecule has 0 bridgehead atoms. The lowest BCUT2D eigenvalue weighted by molar-refractivity contribution is -0.118. The minimum Gasteiger partial charge on any atom is -0.378 e. The Bertz CT molecular complexity index is 417. The molecule has 1 saturated heterocycles. The largest absolute Gasteiger partial charge is 0.378 e. The maximum Gasteiger partial charge on any atom is 0.228 e. The van der Waals surface area contributed by atoms with Crippen molar-refractivity contribution >= 4 is 27.7 Å². The van der Waals surface area contributed by atoms with Crippen molar-refractivity contribution < 1.29 is 9.53 Å². The van der Waals surface area contributed by atoms with Crippen LogP contribution in [0.5, 0.6) is 0 Å². The highest BCUT2D eigenvalue weighted by molar-refractivity contribution is 9.10. The monoisotopic (exact) mass is 298 g/mol. The predicted octanol–water partition coefficient (Wildman–Crippen LogP) is 2.66. The van der Waals surface area contributed by atoms with Crippen LogP contribution in [0.15, 0.2) is 16.7 Å². The summed E-state index contributed by atoms with van der Waals surface area (Å²) in [6, 6.07) is 1.93. The molecule has 0 saturated carbocycles. The predicted molar refractivity (Wildman–Crippen MR) is 68.9 cm³/mol. The third-order valence-corrected chi connectivity index (χ3v) is 3.17. The second kappa shape index (κ2) is 5.60. The van der Waals surface area contributed by atoms with E-state index in [0.29, 0.717) is 12.2 Å². The number of amides is 1. The molecule has 1 aromatic heterocycles. The highest BCUT2D eigenvalue weighted by Crippen LogP contribution is 2.19. The van der Waals surface area contributed by atoms with Gasteiger partial charge in [-0.2, -0.15) is 0 Å². The van der Waals surface area contributed by atoms with Gasteiger partial charge in [0.2, 0.25) is 5.91 Å². The Balaban J connectivity index is 1.93. The molecule has 5 heteroatoms. The third-order valence-electron chi connectivity index (χ3n) is 2.74. The number of pyridine rings is 1. The number of ether oxygens (including phenoxy) is 1. The van der Waals surface area contributed by atoms with E-state index in [4.69, 9.17) is 4.74 Å². The summed E-state index contributed by atoms with van der Waals surface area (Å²) in [5, 5.41) is 2.81. The van der Waals surface area contributed by atoms with E-state index in [1.165, 1.54) is 0 Å². The molecule has 1 amide bonds. The van der Waals surface area contributed by atoms with Crippen molar-refractivity contribution in [1.82, 2.24) is 4.98 Å². The van der Waals surface area contributed by atoms with Crippen LogP contribution in [0.25, 0.3) is 0 Å². The van der Waals surface area contributed by atoms with Gasteiger partial charge in [-0.15, -0.1) is 0 Å². The number of carbonyl (C=O) groups excluding carboxylic acids is 1. The number of hydrogen-bond acceptors (Lipinski definition) is 3. The molecule has 1 unspecified atom stereocenters. The number of hydrogen-bond donors (Lipinski definition) is 1. The topological polar surface area (TPSA) is 51.2 Å². The van der Waals surface area contributed by atoms with Crippen LogP contribution in [0, 0.1) is 6.92 Å². The average Bonchev–Trinajstić information content (AvgIpc) is 2.75. The fourth-order valence-corrected chi connectivity index (χ4v) is 2.31. The van der Waals surface area contributed by atoms with Gasteiger partial charge in [0.25, 0.3) is 0 Å². The Hall–Kier alpha value is -0.940. The molecule has 1 aliphatic heterocycles. The van der Waals surface area contributed by atoms with Crippen molar-refractivity contribution in [2.24, 2.45) is 0 Å². The molecule has 0 spiro atoms. The van der Waals surface area contributed by atoms with Gasteiger partial charge < -0.3 is 10.1 Å². The number of aryl methyl sites for hydroxylation is 1. The molecule has 0 aromatic carbocycles. The van der Waals surface area contributed by atoms with Crippen LogP contribution in [-0.4, -0.2) is 23.6 Å². The van der Waals surface area contributed by atoms with Crippen LogP contribution in [0.1, 0.15) is 24.8 Å². The van der Waals surface area contributed by atoms with E-state index >= 15 is 0 Å². The second-order valence-electron chi connectivity index (χ2n) is 4.21. The van der Waals surface area contributed by atoms with E-state index in [1.54, 1.807) is 6.20 Å². The number of halogens is 1. The minimum absolute atomic E-state index is 0.0326. The Kier molecular flexibility index (Phi) is 4.12. The summed E-state index contributed by atoms with van der Waals surface area (Å²) in [6.07, 6.45) is 4.19. The summed E-state index contributed by atoms with van der Waals surface area (Å²) in [4.78, 5) is 15.9. The lowest BCUT2D eigenvalue weighted by Crippen LogP contribution is -2.20. The van der Waals surface area contributed by atoms with Gasteiger partial charge in [0.15, 0.2) is 0 Å². The smallest absolute Gasteiger partial charge is 0.228 e. The summed E-state index contributed by atoms with van der Waals surface area (Å²) >= 11 is 3.34. The Morgan fingerprint density at radius 2 is 2.53 bits per heavy atom. The van der Waals surface area contributed by atoms with Crippen LogP contribution >= 0.6 is 15.9 Å². The summed E-state index contributed by atoms with van der Waals surface area (Å²) in [5.41, 5.74) is 0.945. The number of aromatic nitrogens is 1. The van der Waals surface area contributed by atoms with Crippen LogP contribution in [-0.2, 0) is 9.53 Å². The first-order chi connectivity index (χ1) is 8.15. The van der Waals surface area contributed by atoms with E-state index in [-0.39, 0.29) is 12.0 Å². The van der Waals surface area contributed by atoms with Crippen molar-refractivity contribution in [1.29, 1.82) is 0 Å². The van der Waals surface area contributed by atoms with Gasteiger partial charge >= 0.3 is 0 Å². The first kappa shape index (κ1) is 12.5. The molecule has 0 radical (unpaired) electrons. The van der Waals surface area contributed by atoms with Crippen LogP contribution < -0.4 is 5.32 Å². The first-order valence-electron chi connectivity index (χ1n) is 5.69. The summed E-state index contributed by atoms with van der Waals surface area (Å²) in [5.74, 6) is 0.589. The zero-order valence-corrected chi connectivity index (χ0v) is 11.3. The maximum absolute atomic E-state index is 11.8.